The number of hydrogen-bond donors (Lipinski definition) is 1. The summed E-state index contributed by atoms with van der Waals surface area (Å²) in [5.74, 6) is 0.989. The third-order valence-corrected chi connectivity index (χ3v) is 5.71. The highest BCUT2D eigenvalue weighted by atomic mass is 32.1. The van der Waals surface area contributed by atoms with Crippen molar-refractivity contribution >= 4 is 23.2 Å². The summed E-state index contributed by atoms with van der Waals surface area (Å²) < 4.78 is 2.09. The molecule has 4 rings (SSSR count). The van der Waals surface area contributed by atoms with Gasteiger partial charge in [-0.3, -0.25) is 9.59 Å². The van der Waals surface area contributed by atoms with Gasteiger partial charge in [0, 0.05) is 42.8 Å². The Hall–Kier alpha value is -2.15. The first-order valence-electron chi connectivity index (χ1n) is 8.36. The Morgan fingerprint density at radius 3 is 3.25 bits per heavy atom. The highest BCUT2D eigenvalue weighted by Gasteiger charge is 2.26. The van der Waals surface area contributed by atoms with E-state index in [1.807, 2.05) is 17.6 Å². The Morgan fingerprint density at radius 1 is 1.42 bits per heavy atom. The van der Waals surface area contributed by atoms with E-state index in [9.17, 15) is 9.59 Å². The monoisotopic (exact) mass is 344 g/mol. The summed E-state index contributed by atoms with van der Waals surface area (Å²) in [5, 5.41) is 5.03. The third-order valence-electron chi connectivity index (χ3n) is 4.73. The molecule has 1 atom stereocenters. The summed E-state index contributed by atoms with van der Waals surface area (Å²) in [7, 11) is 0. The lowest BCUT2D eigenvalue weighted by molar-refractivity contribution is -0.122. The van der Waals surface area contributed by atoms with Crippen molar-refractivity contribution in [2.45, 2.75) is 38.3 Å². The van der Waals surface area contributed by atoms with Crippen LogP contribution in [0.2, 0.25) is 0 Å². The van der Waals surface area contributed by atoms with Gasteiger partial charge in [0.2, 0.25) is 5.91 Å². The third kappa shape index (κ3) is 2.96. The quantitative estimate of drug-likeness (QED) is 0.917. The van der Waals surface area contributed by atoms with Gasteiger partial charge in [0.15, 0.2) is 0 Å². The molecule has 2 aliphatic rings. The molecule has 2 amide bonds. The van der Waals surface area contributed by atoms with Crippen molar-refractivity contribution in [1.82, 2.24) is 19.8 Å². The Labute approximate surface area is 144 Å². The van der Waals surface area contributed by atoms with Crippen LogP contribution in [-0.2, 0) is 24.2 Å². The highest BCUT2D eigenvalue weighted by Crippen LogP contribution is 2.23. The number of aromatic nitrogens is 2. The van der Waals surface area contributed by atoms with E-state index >= 15 is 0 Å². The minimum atomic E-state index is -0.0735. The number of thiophene rings is 1. The molecular formula is C17H20N4O2S. The van der Waals surface area contributed by atoms with Gasteiger partial charge in [-0.05, 0) is 30.7 Å². The topological polar surface area (TPSA) is 67.2 Å². The number of imidazole rings is 1. The molecule has 7 heteroatoms. The molecule has 2 aromatic heterocycles. The largest absolute Gasteiger partial charge is 0.350 e. The number of hydrogen-bond acceptors (Lipinski definition) is 4. The molecule has 0 bridgehead atoms. The number of aryl methyl sites for hydroxylation is 2. The van der Waals surface area contributed by atoms with Crippen molar-refractivity contribution < 1.29 is 9.59 Å². The van der Waals surface area contributed by atoms with E-state index in [0.29, 0.717) is 6.54 Å². The van der Waals surface area contributed by atoms with Crippen LogP contribution in [0.25, 0.3) is 0 Å². The van der Waals surface area contributed by atoms with Gasteiger partial charge in [-0.15, -0.1) is 11.3 Å². The molecule has 2 aliphatic heterocycles. The molecule has 0 radical (unpaired) electrons. The number of nitrogens with zero attached hydrogens (tertiary/aromatic N) is 3. The van der Waals surface area contributed by atoms with E-state index in [-0.39, 0.29) is 24.4 Å². The van der Waals surface area contributed by atoms with Gasteiger partial charge in [0.05, 0.1) is 12.1 Å². The number of carbonyl (C=O) groups excluding carboxylic acids is 2. The maximum absolute atomic E-state index is 12.6. The molecule has 0 saturated carbocycles. The Kier molecular flexibility index (Phi) is 4.10. The van der Waals surface area contributed by atoms with Gasteiger partial charge in [-0.25, -0.2) is 4.98 Å². The van der Waals surface area contributed by atoms with Gasteiger partial charge < -0.3 is 14.8 Å². The van der Waals surface area contributed by atoms with Crippen molar-refractivity contribution in [3.63, 3.8) is 0 Å². The number of amides is 2. The van der Waals surface area contributed by atoms with Crippen molar-refractivity contribution in [2.75, 3.05) is 13.1 Å². The molecule has 1 N–H and O–H groups in total. The Balaban J connectivity index is 1.37. The summed E-state index contributed by atoms with van der Waals surface area (Å²) in [6.07, 6.45) is 7.35. The van der Waals surface area contributed by atoms with Crippen LogP contribution in [0, 0.1) is 0 Å². The smallest absolute Gasteiger partial charge is 0.255 e. The molecule has 0 aromatic carbocycles. The number of fused-ring (bicyclic) bond motifs is 2. The summed E-state index contributed by atoms with van der Waals surface area (Å²) in [6.45, 7) is 1.54. The average molecular weight is 344 g/mol. The first kappa shape index (κ1) is 15.4. The molecule has 4 heterocycles. The lowest BCUT2D eigenvalue weighted by Gasteiger charge is -2.26. The molecule has 0 aliphatic carbocycles. The molecular weight excluding hydrogens is 324 g/mol. The zero-order valence-corrected chi connectivity index (χ0v) is 14.2. The molecule has 2 aromatic rings. The Morgan fingerprint density at radius 2 is 2.33 bits per heavy atom. The minimum Gasteiger partial charge on any atom is -0.350 e. The van der Waals surface area contributed by atoms with Crippen LogP contribution in [0.3, 0.4) is 0 Å². The maximum Gasteiger partial charge on any atom is 0.255 e. The van der Waals surface area contributed by atoms with Crippen molar-refractivity contribution in [1.29, 1.82) is 0 Å². The zero-order valence-electron chi connectivity index (χ0n) is 13.4. The van der Waals surface area contributed by atoms with Gasteiger partial charge >= 0.3 is 0 Å². The van der Waals surface area contributed by atoms with Crippen LogP contribution in [0.15, 0.2) is 23.8 Å². The second-order valence-electron chi connectivity index (χ2n) is 6.39. The van der Waals surface area contributed by atoms with Crippen LogP contribution >= 0.6 is 11.3 Å². The van der Waals surface area contributed by atoms with Gasteiger partial charge in [0.25, 0.3) is 5.91 Å². The number of nitrogens with one attached hydrogen (secondary N) is 1. The Bertz CT molecular complexity index is 766. The van der Waals surface area contributed by atoms with E-state index in [1.165, 1.54) is 0 Å². The predicted molar refractivity (Wildman–Crippen MR) is 91.0 cm³/mol. The zero-order chi connectivity index (χ0) is 16.5. The second kappa shape index (κ2) is 6.39. The lowest BCUT2D eigenvalue weighted by Crippen LogP contribution is -2.46. The van der Waals surface area contributed by atoms with Crippen molar-refractivity contribution in [3.8, 4) is 0 Å². The van der Waals surface area contributed by atoms with Crippen LogP contribution < -0.4 is 5.32 Å². The lowest BCUT2D eigenvalue weighted by atomic mass is 10.1. The molecule has 126 valence electrons. The summed E-state index contributed by atoms with van der Waals surface area (Å²) in [6, 6.07) is 1.98. The standard InChI is InChI=1S/C17H20N4O2S/c22-16(19-12-3-4-15-18-6-8-20(15)10-12)11-21-7-1-2-14-13(17(21)23)5-9-24-14/h5-6,8-9,12H,1-4,7,10-11H2,(H,19,22)/t12-/m0/s1. The molecule has 24 heavy (non-hydrogen) atoms. The average Bonchev–Trinajstić information content (AvgIpc) is 3.19. The predicted octanol–water partition coefficient (Wildman–Crippen LogP) is 1.46. The van der Waals surface area contributed by atoms with Crippen LogP contribution in [-0.4, -0.2) is 45.4 Å². The van der Waals surface area contributed by atoms with E-state index < -0.39 is 0 Å². The summed E-state index contributed by atoms with van der Waals surface area (Å²) in [4.78, 5) is 32.1. The van der Waals surface area contributed by atoms with Gasteiger partial charge in [0.1, 0.15) is 5.82 Å². The van der Waals surface area contributed by atoms with E-state index in [2.05, 4.69) is 14.9 Å². The van der Waals surface area contributed by atoms with E-state index in [4.69, 9.17) is 0 Å². The van der Waals surface area contributed by atoms with E-state index in [1.54, 1.807) is 22.4 Å². The summed E-state index contributed by atoms with van der Waals surface area (Å²) >= 11 is 1.63. The normalized spacial score (nSPS) is 20.2. The molecule has 0 saturated heterocycles. The van der Waals surface area contributed by atoms with E-state index in [0.717, 1.165) is 48.5 Å². The fourth-order valence-corrected chi connectivity index (χ4v) is 4.42. The molecule has 6 nitrogen and oxygen atoms in total. The number of carbonyl (C=O) groups is 2. The van der Waals surface area contributed by atoms with Gasteiger partial charge in [-0.1, -0.05) is 0 Å². The molecule has 0 spiro atoms. The number of rotatable bonds is 3. The van der Waals surface area contributed by atoms with Crippen LogP contribution in [0.5, 0.6) is 0 Å². The minimum absolute atomic E-state index is 0.0144. The second-order valence-corrected chi connectivity index (χ2v) is 7.39. The van der Waals surface area contributed by atoms with Gasteiger partial charge in [-0.2, -0.15) is 0 Å². The fraction of sp³-hybridized carbons (Fsp3) is 0.471. The first-order chi connectivity index (χ1) is 11.7. The molecule has 0 fully saturated rings. The SMILES string of the molecule is O=C(CN1CCCc2sccc2C1=O)N[C@H]1CCc2nccn2C1. The van der Waals surface area contributed by atoms with Crippen LogP contribution in [0.4, 0.5) is 0 Å². The maximum atomic E-state index is 12.6. The fourth-order valence-electron chi connectivity index (χ4n) is 3.51. The van der Waals surface area contributed by atoms with Crippen molar-refractivity contribution in [3.05, 3.63) is 40.1 Å². The van der Waals surface area contributed by atoms with Crippen LogP contribution in [0.1, 0.15) is 33.9 Å². The molecule has 0 unspecified atom stereocenters. The summed E-state index contributed by atoms with van der Waals surface area (Å²) in [5.41, 5.74) is 0.769. The highest BCUT2D eigenvalue weighted by molar-refractivity contribution is 7.10. The van der Waals surface area contributed by atoms with Crippen molar-refractivity contribution in [2.24, 2.45) is 0 Å². The first-order valence-corrected chi connectivity index (χ1v) is 9.23.